The van der Waals surface area contributed by atoms with Crippen molar-refractivity contribution in [1.29, 1.82) is 0 Å². The summed E-state index contributed by atoms with van der Waals surface area (Å²) in [6.45, 7) is 0.569. The molecule has 1 aromatic carbocycles. The standard InChI is InChI=1S/C11H10BrCl2N3/c1-17-10(14)5-16-11(17)6-15-9-4-7(12)2-3-8(9)13/h2-5,15H,6H2,1H3. The predicted molar refractivity (Wildman–Crippen MR) is 74.7 cm³/mol. The highest BCUT2D eigenvalue weighted by atomic mass is 79.9. The summed E-state index contributed by atoms with van der Waals surface area (Å²) in [5.41, 5.74) is 0.861. The highest BCUT2D eigenvalue weighted by molar-refractivity contribution is 9.10. The van der Waals surface area contributed by atoms with E-state index in [1.54, 1.807) is 6.20 Å². The summed E-state index contributed by atoms with van der Waals surface area (Å²) in [4.78, 5) is 4.20. The Morgan fingerprint density at radius 2 is 2.18 bits per heavy atom. The van der Waals surface area contributed by atoms with Gasteiger partial charge in [0.15, 0.2) is 0 Å². The van der Waals surface area contributed by atoms with Crippen LogP contribution in [0.4, 0.5) is 5.69 Å². The molecular formula is C11H10BrCl2N3. The van der Waals surface area contributed by atoms with Crippen LogP contribution in [0.15, 0.2) is 28.9 Å². The Morgan fingerprint density at radius 1 is 1.41 bits per heavy atom. The summed E-state index contributed by atoms with van der Waals surface area (Å²) >= 11 is 15.4. The van der Waals surface area contributed by atoms with Crippen LogP contribution in [0.5, 0.6) is 0 Å². The van der Waals surface area contributed by atoms with Gasteiger partial charge >= 0.3 is 0 Å². The van der Waals surface area contributed by atoms with Crippen LogP contribution in [0, 0.1) is 0 Å². The van der Waals surface area contributed by atoms with Gasteiger partial charge in [0.05, 0.1) is 23.5 Å². The van der Waals surface area contributed by atoms with E-state index in [2.05, 4.69) is 26.2 Å². The second-order valence-corrected chi connectivity index (χ2v) is 5.24. The molecule has 0 bridgehead atoms. The van der Waals surface area contributed by atoms with Crippen LogP contribution in [-0.4, -0.2) is 9.55 Å². The van der Waals surface area contributed by atoms with E-state index in [9.17, 15) is 0 Å². The van der Waals surface area contributed by atoms with E-state index in [1.165, 1.54) is 0 Å². The molecule has 3 nitrogen and oxygen atoms in total. The molecule has 0 saturated carbocycles. The quantitative estimate of drug-likeness (QED) is 0.915. The van der Waals surface area contributed by atoms with Crippen LogP contribution in [0.1, 0.15) is 5.82 Å². The van der Waals surface area contributed by atoms with E-state index in [0.717, 1.165) is 16.0 Å². The first-order valence-corrected chi connectivity index (χ1v) is 6.48. The fourth-order valence-electron chi connectivity index (χ4n) is 1.40. The molecule has 1 N–H and O–H groups in total. The van der Waals surface area contributed by atoms with Crippen LogP contribution < -0.4 is 5.32 Å². The monoisotopic (exact) mass is 333 g/mol. The molecule has 17 heavy (non-hydrogen) atoms. The third-order valence-corrected chi connectivity index (χ3v) is 3.57. The van der Waals surface area contributed by atoms with E-state index in [0.29, 0.717) is 16.7 Å². The fraction of sp³-hybridized carbons (Fsp3) is 0.182. The Balaban J connectivity index is 2.12. The van der Waals surface area contributed by atoms with Gasteiger partial charge in [0.2, 0.25) is 0 Å². The molecule has 0 saturated heterocycles. The van der Waals surface area contributed by atoms with Gasteiger partial charge in [-0.2, -0.15) is 0 Å². The first kappa shape index (κ1) is 12.7. The van der Waals surface area contributed by atoms with Gasteiger partial charge in [-0.1, -0.05) is 39.1 Å². The molecule has 0 radical (unpaired) electrons. The smallest absolute Gasteiger partial charge is 0.128 e. The lowest BCUT2D eigenvalue weighted by molar-refractivity contribution is 0.813. The largest absolute Gasteiger partial charge is 0.377 e. The minimum atomic E-state index is 0.569. The fourth-order valence-corrected chi connectivity index (χ4v) is 2.09. The molecular weight excluding hydrogens is 325 g/mol. The van der Waals surface area contributed by atoms with Crippen molar-refractivity contribution in [1.82, 2.24) is 9.55 Å². The van der Waals surface area contributed by atoms with Crippen molar-refractivity contribution >= 4 is 44.8 Å². The Morgan fingerprint density at radius 3 is 2.82 bits per heavy atom. The maximum Gasteiger partial charge on any atom is 0.128 e. The average molecular weight is 335 g/mol. The van der Waals surface area contributed by atoms with Crippen LogP contribution in [0.2, 0.25) is 10.2 Å². The van der Waals surface area contributed by atoms with Gasteiger partial charge in [-0.05, 0) is 18.2 Å². The Labute approximate surface area is 118 Å². The lowest BCUT2D eigenvalue weighted by atomic mass is 10.3. The molecule has 0 aliphatic rings. The number of nitrogens with zero attached hydrogens (tertiary/aromatic N) is 2. The van der Waals surface area contributed by atoms with Crippen molar-refractivity contribution in [3.63, 3.8) is 0 Å². The van der Waals surface area contributed by atoms with E-state index in [1.807, 2.05) is 29.8 Å². The second kappa shape index (κ2) is 5.29. The summed E-state index contributed by atoms with van der Waals surface area (Å²) in [5.74, 6) is 0.853. The highest BCUT2D eigenvalue weighted by Crippen LogP contribution is 2.26. The number of halogens is 3. The van der Waals surface area contributed by atoms with E-state index in [-0.39, 0.29) is 0 Å². The van der Waals surface area contributed by atoms with Crippen LogP contribution in [0.3, 0.4) is 0 Å². The first-order chi connectivity index (χ1) is 8.08. The Hall–Kier alpha value is -0.710. The number of hydrogen-bond donors (Lipinski definition) is 1. The molecule has 0 fully saturated rings. The minimum absolute atomic E-state index is 0.569. The Kier molecular flexibility index (Phi) is 3.97. The zero-order chi connectivity index (χ0) is 12.4. The summed E-state index contributed by atoms with van der Waals surface area (Å²) in [7, 11) is 1.87. The number of hydrogen-bond acceptors (Lipinski definition) is 2. The number of anilines is 1. The molecule has 1 aromatic heterocycles. The molecule has 0 aliphatic heterocycles. The average Bonchev–Trinajstić information content (AvgIpc) is 2.62. The Bertz CT molecular complexity index is 540. The molecule has 0 spiro atoms. The van der Waals surface area contributed by atoms with Crippen LogP contribution in [0.25, 0.3) is 0 Å². The van der Waals surface area contributed by atoms with Gasteiger partial charge in [-0.25, -0.2) is 4.98 Å². The van der Waals surface area contributed by atoms with E-state index >= 15 is 0 Å². The summed E-state index contributed by atoms with van der Waals surface area (Å²) < 4.78 is 2.79. The normalized spacial score (nSPS) is 10.6. The number of nitrogens with one attached hydrogen (secondary N) is 1. The number of imidazole rings is 1. The minimum Gasteiger partial charge on any atom is -0.377 e. The first-order valence-electron chi connectivity index (χ1n) is 4.93. The van der Waals surface area contributed by atoms with Crippen molar-refractivity contribution in [3.8, 4) is 0 Å². The third kappa shape index (κ3) is 2.94. The van der Waals surface area contributed by atoms with Gasteiger partial charge in [0.25, 0.3) is 0 Å². The molecule has 6 heteroatoms. The molecule has 2 aromatic rings. The molecule has 1 heterocycles. The van der Waals surface area contributed by atoms with Gasteiger partial charge in [0.1, 0.15) is 11.0 Å². The maximum atomic E-state index is 6.07. The molecule has 2 rings (SSSR count). The van der Waals surface area contributed by atoms with Crippen molar-refractivity contribution < 1.29 is 0 Å². The molecule has 0 atom stereocenters. The number of benzene rings is 1. The molecule has 0 aliphatic carbocycles. The summed E-state index contributed by atoms with van der Waals surface area (Å²) in [6.07, 6.45) is 1.63. The number of rotatable bonds is 3. The van der Waals surface area contributed by atoms with Crippen molar-refractivity contribution in [3.05, 3.63) is 44.9 Å². The maximum absolute atomic E-state index is 6.07. The van der Waals surface area contributed by atoms with Gasteiger partial charge in [0, 0.05) is 11.5 Å². The molecule has 0 unspecified atom stereocenters. The van der Waals surface area contributed by atoms with Crippen LogP contribution >= 0.6 is 39.1 Å². The van der Waals surface area contributed by atoms with Crippen molar-refractivity contribution in [2.24, 2.45) is 7.05 Å². The zero-order valence-corrected chi connectivity index (χ0v) is 12.1. The second-order valence-electron chi connectivity index (χ2n) is 3.53. The van der Waals surface area contributed by atoms with Crippen molar-refractivity contribution in [2.45, 2.75) is 6.54 Å². The highest BCUT2D eigenvalue weighted by Gasteiger charge is 2.05. The van der Waals surface area contributed by atoms with Crippen LogP contribution in [-0.2, 0) is 13.6 Å². The predicted octanol–water partition coefficient (Wildman–Crippen LogP) is 4.10. The molecule has 0 amide bonds. The van der Waals surface area contributed by atoms with E-state index < -0.39 is 0 Å². The van der Waals surface area contributed by atoms with Gasteiger partial charge < -0.3 is 9.88 Å². The SMILES string of the molecule is Cn1c(Cl)cnc1CNc1cc(Br)ccc1Cl. The van der Waals surface area contributed by atoms with Gasteiger partial charge in [-0.15, -0.1) is 0 Å². The van der Waals surface area contributed by atoms with Gasteiger partial charge in [-0.3, -0.25) is 0 Å². The lowest BCUT2D eigenvalue weighted by Gasteiger charge is -2.09. The number of aromatic nitrogens is 2. The lowest BCUT2D eigenvalue weighted by Crippen LogP contribution is -2.06. The van der Waals surface area contributed by atoms with E-state index in [4.69, 9.17) is 23.2 Å². The summed E-state index contributed by atoms with van der Waals surface area (Å²) in [6, 6.07) is 5.65. The zero-order valence-electron chi connectivity index (χ0n) is 9.04. The topological polar surface area (TPSA) is 29.9 Å². The van der Waals surface area contributed by atoms with Crippen molar-refractivity contribution in [2.75, 3.05) is 5.32 Å². The molecule has 90 valence electrons. The summed E-state index contributed by atoms with van der Waals surface area (Å²) in [5, 5.41) is 4.51. The third-order valence-electron chi connectivity index (χ3n) is 2.39.